The van der Waals surface area contributed by atoms with Crippen molar-refractivity contribution in [3.05, 3.63) is 51.2 Å². The Bertz CT molecular complexity index is 549. The van der Waals surface area contributed by atoms with Gasteiger partial charge in [-0.15, -0.1) is 11.3 Å². The zero-order chi connectivity index (χ0) is 13.8. The zero-order valence-electron chi connectivity index (χ0n) is 11.5. The number of nitrogens with one attached hydrogen (secondary N) is 1. The maximum Gasteiger partial charge on any atom is 0.126 e. The fourth-order valence-electron chi connectivity index (χ4n) is 1.83. The number of hydrogen-bond donors (Lipinski definition) is 1. The van der Waals surface area contributed by atoms with Gasteiger partial charge in [0.25, 0.3) is 0 Å². The Morgan fingerprint density at radius 2 is 2.05 bits per heavy atom. The smallest absolute Gasteiger partial charge is 0.126 e. The van der Waals surface area contributed by atoms with Crippen molar-refractivity contribution in [1.82, 2.24) is 10.3 Å². The Labute approximate surface area is 117 Å². The van der Waals surface area contributed by atoms with Crippen LogP contribution in [0.25, 0.3) is 0 Å². The van der Waals surface area contributed by atoms with Gasteiger partial charge in [0.15, 0.2) is 0 Å². The number of hydrogen-bond acceptors (Lipinski definition) is 3. The van der Waals surface area contributed by atoms with E-state index in [2.05, 4.69) is 24.1 Å². The molecule has 0 aliphatic heterocycles. The lowest BCUT2D eigenvalue weighted by molar-refractivity contribution is 0.591. The molecule has 102 valence electrons. The quantitative estimate of drug-likeness (QED) is 0.902. The first-order valence-corrected chi connectivity index (χ1v) is 7.30. The van der Waals surface area contributed by atoms with Crippen molar-refractivity contribution in [2.45, 2.75) is 39.8 Å². The molecule has 0 saturated heterocycles. The van der Waals surface area contributed by atoms with Gasteiger partial charge in [-0.05, 0) is 18.6 Å². The van der Waals surface area contributed by atoms with Gasteiger partial charge in [0.2, 0.25) is 0 Å². The van der Waals surface area contributed by atoms with Crippen molar-refractivity contribution < 1.29 is 4.39 Å². The van der Waals surface area contributed by atoms with Crippen molar-refractivity contribution in [1.29, 1.82) is 0 Å². The SMILES string of the molecule is Cc1nc(Cc2ccccc2F)sc1CNC(C)C. The molecule has 4 heteroatoms. The van der Waals surface area contributed by atoms with Gasteiger partial charge in [0, 0.05) is 23.9 Å². The van der Waals surface area contributed by atoms with Gasteiger partial charge in [-0.2, -0.15) is 0 Å². The summed E-state index contributed by atoms with van der Waals surface area (Å²) in [5.41, 5.74) is 1.75. The number of aryl methyl sites for hydroxylation is 1. The van der Waals surface area contributed by atoms with Crippen molar-refractivity contribution in [2.75, 3.05) is 0 Å². The summed E-state index contributed by atoms with van der Waals surface area (Å²) in [6, 6.07) is 7.34. The molecule has 1 heterocycles. The fourth-order valence-corrected chi connectivity index (χ4v) is 2.87. The molecule has 1 aromatic carbocycles. The molecular formula is C15H19FN2S. The van der Waals surface area contributed by atoms with Crippen LogP contribution < -0.4 is 5.32 Å². The number of aromatic nitrogens is 1. The van der Waals surface area contributed by atoms with E-state index in [1.165, 1.54) is 10.9 Å². The summed E-state index contributed by atoms with van der Waals surface area (Å²) in [5.74, 6) is -0.155. The second-order valence-electron chi connectivity index (χ2n) is 4.92. The van der Waals surface area contributed by atoms with Crippen LogP contribution in [-0.4, -0.2) is 11.0 Å². The van der Waals surface area contributed by atoms with E-state index in [0.717, 1.165) is 17.2 Å². The molecule has 0 saturated carbocycles. The molecule has 2 nitrogen and oxygen atoms in total. The number of halogens is 1. The molecule has 0 unspecified atom stereocenters. The standard InChI is InChI=1S/C15H19FN2S/c1-10(2)17-9-14-11(3)18-15(19-14)8-12-6-4-5-7-13(12)16/h4-7,10,17H,8-9H2,1-3H3. The number of nitrogens with zero attached hydrogens (tertiary/aromatic N) is 1. The zero-order valence-corrected chi connectivity index (χ0v) is 12.4. The summed E-state index contributed by atoms with van der Waals surface area (Å²) in [6.07, 6.45) is 0.569. The van der Waals surface area contributed by atoms with Gasteiger partial charge in [0.05, 0.1) is 10.7 Å². The van der Waals surface area contributed by atoms with Gasteiger partial charge in [-0.1, -0.05) is 32.0 Å². The molecule has 0 bridgehead atoms. The summed E-state index contributed by atoms with van der Waals surface area (Å²) >= 11 is 1.66. The van der Waals surface area contributed by atoms with Crippen LogP contribution in [0.1, 0.15) is 35.0 Å². The Morgan fingerprint density at radius 3 is 2.74 bits per heavy atom. The normalized spacial score (nSPS) is 11.2. The highest BCUT2D eigenvalue weighted by atomic mass is 32.1. The van der Waals surface area contributed by atoms with E-state index in [0.29, 0.717) is 18.0 Å². The second kappa shape index (κ2) is 6.26. The monoisotopic (exact) mass is 278 g/mol. The van der Waals surface area contributed by atoms with Gasteiger partial charge < -0.3 is 5.32 Å². The molecule has 0 aliphatic rings. The first-order chi connectivity index (χ1) is 9.06. The molecular weight excluding hydrogens is 259 g/mol. The largest absolute Gasteiger partial charge is 0.310 e. The van der Waals surface area contributed by atoms with Crippen LogP contribution in [0.5, 0.6) is 0 Å². The van der Waals surface area contributed by atoms with E-state index < -0.39 is 0 Å². The Balaban J connectivity index is 2.10. The van der Waals surface area contributed by atoms with Crippen LogP contribution >= 0.6 is 11.3 Å². The minimum Gasteiger partial charge on any atom is -0.310 e. The third kappa shape index (κ3) is 3.85. The Morgan fingerprint density at radius 1 is 1.32 bits per heavy atom. The molecule has 0 spiro atoms. The second-order valence-corrected chi connectivity index (χ2v) is 6.09. The molecule has 2 rings (SSSR count). The lowest BCUT2D eigenvalue weighted by Gasteiger charge is -2.05. The molecule has 19 heavy (non-hydrogen) atoms. The average molecular weight is 278 g/mol. The summed E-state index contributed by atoms with van der Waals surface area (Å²) in [7, 11) is 0. The van der Waals surface area contributed by atoms with Gasteiger partial charge in [0.1, 0.15) is 5.82 Å². The van der Waals surface area contributed by atoms with E-state index in [9.17, 15) is 4.39 Å². The molecule has 1 aromatic heterocycles. The van der Waals surface area contributed by atoms with Crippen LogP contribution in [0, 0.1) is 12.7 Å². The highest BCUT2D eigenvalue weighted by Crippen LogP contribution is 2.21. The first kappa shape index (κ1) is 14.2. The van der Waals surface area contributed by atoms with E-state index in [1.807, 2.05) is 19.1 Å². The van der Waals surface area contributed by atoms with Crippen molar-refractivity contribution in [3.8, 4) is 0 Å². The molecule has 0 aliphatic carbocycles. The number of thiazole rings is 1. The van der Waals surface area contributed by atoms with Crippen molar-refractivity contribution in [2.24, 2.45) is 0 Å². The number of benzene rings is 1. The van der Waals surface area contributed by atoms with Gasteiger partial charge >= 0.3 is 0 Å². The summed E-state index contributed by atoms with van der Waals surface area (Å²) in [5, 5.41) is 4.36. The van der Waals surface area contributed by atoms with E-state index in [-0.39, 0.29) is 5.82 Å². The highest BCUT2D eigenvalue weighted by Gasteiger charge is 2.10. The summed E-state index contributed by atoms with van der Waals surface area (Å²) in [6.45, 7) is 7.09. The van der Waals surface area contributed by atoms with Crippen molar-refractivity contribution in [3.63, 3.8) is 0 Å². The lowest BCUT2D eigenvalue weighted by atomic mass is 10.1. The maximum atomic E-state index is 13.6. The van der Waals surface area contributed by atoms with Crippen molar-refractivity contribution >= 4 is 11.3 Å². The molecule has 2 aromatic rings. The van der Waals surface area contributed by atoms with Gasteiger partial charge in [-0.25, -0.2) is 9.37 Å². The average Bonchev–Trinajstić information content (AvgIpc) is 2.70. The number of rotatable bonds is 5. The van der Waals surface area contributed by atoms with E-state index >= 15 is 0 Å². The Hall–Kier alpha value is -1.26. The minimum absolute atomic E-state index is 0.155. The van der Waals surface area contributed by atoms with Crippen LogP contribution in [-0.2, 0) is 13.0 Å². The topological polar surface area (TPSA) is 24.9 Å². The predicted molar refractivity (Wildman–Crippen MR) is 78.0 cm³/mol. The lowest BCUT2D eigenvalue weighted by Crippen LogP contribution is -2.21. The van der Waals surface area contributed by atoms with Crippen LogP contribution in [0.4, 0.5) is 4.39 Å². The summed E-state index contributed by atoms with van der Waals surface area (Å²) in [4.78, 5) is 5.77. The molecule has 0 atom stereocenters. The predicted octanol–water partition coefficient (Wildman–Crippen LogP) is 3.68. The van der Waals surface area contributed by atoms with E-state index in [4.69, 9.17) is 0 Å². The molecule has 1 N–H and O–H groups in total. The van der Waals surface area contributed by atoms with Crippen LogP contribution in [0.15, 0.2) is 24.3 Å². The third-order valence-electron chi connectivity index (χ3n) is 2.91. The third-order valence-corrected chi connectivity index (χ3v) is 4.06. The maximum absolute atomic E-state index is 13.6. The summed E-state index contributed by atoms with van der Waals surface area (Å²) < 4.78 is 13.6. The molecule has 0 amide bonds. The fraction of sp³-hybridized carbons (Fsp3) is 0.400. The van der Waals surface area contributed by atoms with Crippen LogP contribution in [0.2, 0.25) is 0 Å². The molecule has 0 radical (unpaired) electrons. The highest BCUT2D eigenvalue weighted by molar-refractivity contribution is 7.11. The first-order valence-electron chi connectivity index (χ1n) is 6.48. The van der Waals surface area contributed by atoms with Gasteiger partial charge in [-0.3, -0.25) is 0 Å². The van der Waals surface area contributed by atoms with Crippen LogP contribution in [0.3, 0.4) is 0 Å². The minimum atomic E-state index is -0.155. The molecule has 0 fully saturated rings. The Kier molecular flexibility index (Phi) is 4.66. The van der Waals surface area contributed by atoms with E-state index in [1.54, 1.807) is 17.4 Å².